The zero-order valence-corrected chi connectivity index (χ0v) is 17.0. The summed E-state index contributed by atoms with van der Waals surface area (Å²) in [6.07, 6.45) is 0.226. The van der Waals surface area contributed by atoms with Crippen molar-refractivity contribution in [1.29, 1.82) is 0 Å². The number of para-hydroxylation sites is 1. The van der Waals surface area contributed by atoms with Crippen LogP contribution in [0.25, 0.3) is 0 Å². The third-order valence-electron chi connectivity index (χ3n) is 4.96. The third kappa shape index (κ3) is 4.46. The highest BCUT2D eigenvalue weighted by molar-refractivity contribution is 7.14. The number of amides is 2. The van der Waals surface area contributed by atoms with E-state index in [1.165, 1.54) is 17.0 Å². The minimum atomic E-state index is -0.204. The van der Waals surface area contributed by atoms with E-state index in [0.717, 1.165) is 12.1 Å². The highest BCUT2D eigenvalue weighted by Crippen LogP contribution is 2.24. The zero-order chi connectivity index (χ0) is 20.2. The molecule has 0 unspecified atom stereocenters. The second-order valence-electron chi connectivity index (χ2n) is 7.01. The van der Waals surface area contributed by atoms with Gasteiger partial charge in [0.1, 0.15) is 0 Å². The van der Waals surface area contributed by atoms with Gasteiger partial charge >= 0.3 is 0 Å². The second kappa shape index (κ2) is 8.45. The van der Waals surface area contributed by atoms with Gasteiger partial charge in [0.15, 0.2) is 5.13 Å². The summed E-state index contributed by atoms with van der Waals surface area (Å²) in [6, 6.07) is 17.2. The van der Waals surface area contributed by atoms with Crippen LogP contribution in [0.15, 0.2) is 60.0 Å². The minimum Gasteiger partial charge on any atom is -0.373 e. The Morgan fingerprint density at radius 2 is 1.83 bits per heavy atom. The van der Waals surface area contributed by atoms with E-state index in [1.54, 1.807) is 12.1 Å². The van der Waals surface area contributed by atoms with Crippen molar-refractivity contribution in [3.63, 3.8) is 0 Å². The zero-order valence-electron chi connectivity index (χ0n) is 16.2. The molecule has 2 amide bonds. The van der Waals surface area contributed by atoms with Crippen molar-refractivity contribution >= 4 is 34.0 Å². The molecule has 0 spiro atoms. The van der Waals surface area contributed by atoms with E-state index >= 15 is 0 Å². The fourth-order valence-electron chi connectivity index (χ4n) is 3.38. The number of fused-ring (bicyclic) bond motifs is 1. The van der Waals surface area contributed by atoms with Crippen molar-refractivity contribution in [2.75, 3.05) is 30.4 Å². The highest BCUT2D eigenvalue weighted by atomic mass is 32.1. The van der Waals surface area contributed by atoms with Crippen LogP contribution in [0.3, 0.4) is 0 Å². The first-order chi connectivity index (χ1) is 14.1. The Morgan fingerprint density at radius 3 is 2.66 bits per heavy atom. The SMILES string of the molecule is CN1CCN(C(=O)Cc2csc(NC(=O)c3ccccc3)n2)Cc2ccccc21. The first-order valence-electron chi connectivity index (χ1n) is 9.48. The molecule has 148 valence electrons. The van der Waals surface area contributed by atoms with Gasteiger partial charge < -0.3 is 9.80 Å². The van der Waals surface area contributed by atoms with Gasteiger partial charge in [-0.05, 0) is 23.8 Å². The quantitative estimate of drug-likeness (QED) is 0.721. The molecule has 0 fully saturated rings. The van der Waals surface area contributed by atoms with Crippen LogP contribution >= 0.6 is 11.3 Å². The Morgan fingerprint density at radius 1 is 1.07 bits per heavy atom. The van der Waals surface area contributed by atoms with Crippen molar-refractivity contribution in [3.8, 4) is 0 Å². The number of carbonyl (C=O) groups excluding carboxylic acids is 2. The normalized spacial score (nSPS) is 13.6. The molecule has 0 saturated carbocycles. The lowest BCUT2D eigenvalue weighted by Gasteiger charge is -2.20. The summed E-state index contributed by atoms with van der Waals surface area (Å²) in [5.41, 5.74) is 3.57. The Kier molecular flexibility index (Phi) is 5.57. The van der Waals surface area contributed by atoms with Crippen molar-refractivity contribution < 1.29 is 9.59 Å². The molecule has 7 heteroatoms. The molecule has 1 aliphatic rings. The standard InChI is InChI=1S/C22H22N4O2S/c1-25-11-12-26(14-17-9-5-6-10-19(17)25)20(27)13-18-15-29-22(23-18)24-21(28)16-7-3-2-4-8-16/h2-10,15H,11-14H2,1H3,(H,23,24,28). The fourth-order valence-corrected chi connectivity index (χ4v) is 4.08. The number of carbonyl (C=O) groups is 2. The number of aromatic nitrogens is 1. The maximum atomic E-state index is 12.9. The topological polar surface area (TPSA) is 65.5 Å². The number of hydrogen-bond donors (Lipinski definition) is 1. The summed E-state index contributed by atoms with van der Waals surface area (Å²) < 4.78 is 0. The molecular weight excluding hydrogens is 384 g/mol. The van der Waals surface area contributed by atoms with Gasteiger partial charge in [-0.15, -0.1) is 11.3 Å². The first-order valence-corrected chi connectivity index (χ1v) is 10.4. The molecule has 0 bridgehead atoms. The van der Waals surface area contributed by atoms with E-state index in [1.807, 2.05) is 40.6 Å². The smallest absolute Gasteiger partial charge is 0.257 e. The summed E-state index contributed by atoms with van der Waals surface area (Å²) in [6.45, 7) is 2.06. The van der Waals surface area contributed by atoms with Gasteiger partial charge in [-0.2, -0.15) is 0 Å². The highest BCUT2D eigenvalue weighted by Gasteiger charge is 2.22. The Bertz CT molecular complexity index is 1020. The number of anilines is 2. The fraction of sp³-hybridized carbons (Fsp3) is 0.227. The lowest BCUT2D eigenvalue weighted by atomic mass is 10.1. The van der Waals surface area contributed by atoms with Crippen LogP contribution in [-0.2, 0) is 17.8 Å². The van der Waals surface area contributed by atoms with Gasteiger partial charge in [0.05, 0.1) is 12.1 Å². The van der Waals surface area contributed by atoms with Crippen molar-refractivity contribution in [3.05, 3.63) is 76.8 Å². The van der Waals surface area contributed by atoms with Crippen LogP contribution in [0.5, 0.6) is 0 Å². The number of rotatable bonds is 4. The van der Waals surface area contributed by atoms with E-state index in [-0.39, 0.29) is 18.2 Å². The number of nitrogens with one attached hydrogen (secondary N) is 1. The molecule has 0 radical (unpaired) electrons. The van der Waals surface area contributed by atoms with E-state index in [2.05, 4.69) is 34.4 Å². The summed E-state index contributed by atoms with van der Waals surface area (Å²) in [5, 5.41) is 5.13. The number of benzene rings is 2. The molecule has 6 nitrogen and oxygen atoms in total. The number of thiazole rings is 1. The van der Waals surface area contributed by atoms with E-state index in [4.69, 9.17) is 0 Å². The molecule has 1 aromatic heterocycles. The predicted octanol–water partition coefficient (Wildman–Crippen LogP) is 3.42. The molecule has 3 aromatic rings. The monoisotopic (exact) mass is 406 g/mol. The van der Waals surface area contributed by atoms with Gasteiger partial charge in [-0.3, -0.25) is 14.9 Å². The average molecular weight is 407 g/mol. The van der Waals surface area contributed by atoms with Crippen molar-refractivity contribution in [2.24, 2.45) is 0 Å². The van der Waals surface area contributed by atoms with E-state index in [0.29, 0.717) is 29.5 Å². The second-order valence-corrected chi connectivity index (χ2v) is 7.86. The maximum Gasteiger partial charge on any atom is 0.257 e. The van der Waals surface area contributed by atoms with Gasteiger partial charge in [0.2, 0.25) is 5.91 Å². The maximum absolute atomic E-state index is 12.9. The molecule has 29 heavy (non-hydrogen) atoms. The van der Waals surface area contributed by atoms with E-state index < -0.39 is 0 Å². The van der Waals surface area contributed by atoms with Crippen LogP contribution in [-0.4, -0.2) is 41.8 Å². The van der Waals surface area contributed by atoms with Gasteiger partial charge in [0.25, 0.3) is 5.91 Å². The number of nitrogens with zero attached hydrogens (tertiary/aromatic N) is 3. The molecule has 2 aromatic carbocycles. The summed E-state index contributed by atoms with van der Waals surface area (Å²) in [5.74, 6) is -0.161. The Balaban J connectivity index is 1.40. The molecule has 1 aliphatic heterocycles. The Hall–Kier alpha value is -3.19. The van der Waals surface area contributed by atoms with Crippen LogP contribution in [0.2, 0.25) is 0 Å². The lowest BCUT2D eigenvalue weighted by Crippen LogP contribution is -2.35. The van der Waals surface area contributed by atoms with Crippen LogP contribution in [0.1, 0.15) is 21.6 Å². The first kappa shape index (κ1) is 19.1. The lowest BCUT2D eigenvalue weighted by molar-refractivity contribution is -0.130. The van der Waals surface area contributed by atoms with Gasteiger partial charge in [0, 0.05) is 43.3 Å². The van der Waals surface area contributed by atoms with Gasteiger partial charge in [-0.25, -0.2) is 4.98 Å². The summed E-state index contributed by atoms with van der Waals surface area (Å²) in [4.78, 5) is 33.6. The van der Waals surface area contributed by atoms with Crippen molar-refractivity contribution in [2.45, 2.75) is 13.0 Å². The van der Waals surface area contributed by atoms with Gasteiger partial charge in [-0.1, -0.05) is 36.4 Å². The van der Waals surface area contributed by atoms with Crippen LogP contribution in [0.4, 0.5) is 10.8 Å². The molecule has 0 atom stereocenters. The van der Waals surface area contributed by atoms with E-state index in [9.17, 15) is 9.59 Å². The average Bonchev–Trinajstić information content (AvgIpc) is 3.10. The number of likely N-dealkylation sites (N-methyl/N-ethyl adjacent to an activating group) is 1. The number of hydrogen-bond acceptors (Lipinski definition) is 5. The molecule has 0 aliphatic carbocycles. The van der Waals surface area contributed by atoms with Crippen LogP contribution < -0.4 is 10.2 Å². The van der Waals surface area contributed by atoms with Crippen molar-refractivity contribution in [1.82, 2.24) is 9.88 Å². The molecule has 0 saturated heterocycles. The molecule has 2 heterocycles. The third-order valence-corrected chi connectivity index (χ3v) is 5.77. The molecule has 4 rings (SSSR count). The predicted molar refractivity (Wildman–Crippen MR) is 115 cm³/mol. The van der Waals surface area contributed by atoms with Crippen LogP contribution in [0, 0.1) is 0 Å². The Labute approximate surface area is 173 Å². The molecule has 1 N–H and O–H groups in total. The summed E-state index contributed by atoms with van der Waals surface area (Å²) in [7, 11) is 2.05. The summed E-state index contributed by atoms with van der Waals surface area (Å²) >= 11 is 1.33. The molecular formula is C22H22N4O2S. The largest absolute Gasteiger partial charge is 0.373 e. The minimum absolute atomic E-state index is 0.0429.